The summed E-state index contributed by atoms with van der Waals surface area (Å²) in [5, 5.41) is 4.43. The molecule has 1 N–H and O–H groups in total. The molecule has 0 unspecified atom stereocenters. The molecular weight excluding hydrogens is 510 g/mol. The predicted molar refractivity (Wildman–Crippen MR) is 140 cm³/mol. The molecule has 2 aromatic rings. The molecule has 0 radical (unpaired) electrons. The third-order valence-electron chi connectivity index (χ3n) is 4.66. The number of methoxy groups -OCH3 is 2. The molecule has 172 valence electrons. The van der Waals surface area contributed by atoms with Gasteiger partial charge in [-0.05, 0) is 49.2 Å². The van der Waals surface area contributed by atoms with Crippen LogP contribution in [0.4, 0.5) is 0 Å². The van der Waals surface area contributed by atoms with E-state index in [1.807, 2.05) is 30.3 Å². The number of hydrogen-bond donors (Lipinski definition) is 1. The summed E-state index contributed by atoms with van der Waals surface area (Å²) < 4.78 is 12.3. The maximum absolute atomic E-state index is 12.6. The summed E-state index contributed by atoms with van der Waals surface area (Å²) in [5.41, 5.74) is 5.16. The Labute approximate surface area is 207 Å². The zero-order valence-corrected chi connectivity index (χ0v) is 21.9. The van der Waals surface area contributed by atoms with Gasteiger partial charge in [0, 0.05) is 23.3 Å². The second kappa shape index (κ2) is 13.4. The van der Waals surface area contributed by atoms with Gasteiger partial charge in [-0.2, -0.15) is 5.10 Å². The van der Waals surface area contributed by atoms with E-state index in [-0.39, 0.29) is 12.3 Å². The van der Waals surface area contributed by atoms with Crippen molar-refractivity contribution in [2.24, 2.45) is 5.10 Å². The zero-order valence-electron chi connectivity index (χ0n) is 18.7. The smallest absolute Gasteiger partial charge is 0.244 e. The summed E-state index contributed by atoms with van der Waals surface area (Å²) >= 11 is 10.5. The van der Waals surface area contributed by atoms with Gasteiger partial charge in [0.2, 0.25) is 5.91 Å². The molecular formula is C23H28BrN3O3S2. The molecule has 0 aliphatic heterocycles. The highest BCUT2D eigenvalue weighted by molar-refractivity contribution is 9.10. The SMILES string of the molecule is CCN(CC)C(=S)SCC(=NNC(=O)Cc1ccc(OC)c(OC)c1)c1ccc(Br)cc1. The Kier molecular flexibility index (Phi) is 11.0. The molecule has 32 heavy (non-hydrogen) atoms. The standard InChI is InChI=1S/C23H28BrN3O3S2/c1-5-27(6-2)23(31)32-15-19(17-8-10-18(24)11-9-17)25-26-22(28)14-16-7-12-20(29-3)21(13-16)30-4/h7-13H,5-6,14-15H2,1-4H3,(H,26,28). The van der Waals surface area contributed by atoms with Gasteiger partial charge in [-0.15, -0.1) is 0 Å². The summed E-state index contributed by atoms with van der Waals surface area (Å²) in [6.07, 6.45) is 0.169. The van der Waals surface area contributed by atoms with E-state index in [4.69, 9.17) is 21.7 Å². The lowest BCUT2D eigenvalue weighted by atomic mass is 10.1. The second-order valence-electron chi connectivity index (χ2n) is 6.69. The van der Waals surface area contributed by atoms with Crippen molar-refractivity contribution in [2.45, 2.75) is 20.3 Å². The van der Waals surface area contributed by atoms with Crippen molar-refractivity contribution in [2.75, 3.05) is 33.1 Å². The van der Waals surface area contributed by atoms with Gasteiger partial charge in [0.15, 0.2) is 11.5 Å². The van der Waals surface area contributed by atoms with E-state index in [9.17, 15) is 4.79 Å². The number of hydrogen-bond acceptors (Lipinski definition) is 6. The fourth-order valence-corrected chi connectivity index (χ4v) is 4.50. The molecule has 2 rings (SSSR count). The Morgan fingerprint density at radius 2 is 1.75 bits per heavy atom. The number of carbonyl (C=O) groups is 1. The molecule has 0 bridgehead atoms. The van der Waals surface area contributed by atoms with Crippen molar-refractivity contribution >= 4 is 55.8 Å². The van der Waals surface area contributed by atoms with E-state index in [0.717, 1.165) is 38.7 Å². The average Bonchev–Trinajstić information content (AvgIpc) is 2.80. The maximum Gasteiger partial charge on any atom is 0.244 e. The molecule has 0 heterocycles. The minimum absolute atomic E-state index is 0.169. The molecule has 1 amide bonds. The van der Waals surface area contributed by atoms with Gasteiger partial charge in [-0.25, -0.2) is 5.43 Å². The van der Waals surface area contributed by atoms with E-state index < -0.39 is 0 Å². The number of benzene rings is 2. The van der Waals surface area contributed by atoms with E-state index in [1.54, 1.807) is 26.4 Å². The zero-order chi connectivity index (χ0) is 23.5. The summed E-state index contributed by atoms with van der Waals surface area (Å²) in [6, 6.07) is 13.2. The van der Waals surface area contributed by atoms with Crippen molar-refractivity contribution in [3.8, 4) is 11.5 Å². The van der Waals surface area contributed by atoms with Crippen LogP contribution >= 0.6 is 39.9 Å². The Morgan fingerprint density at radius 1 is 1.09 bits per heavy atom. The molecule has 0 aromatic heterocycles. The van der Waals surface area contributed by atoms with E-state index in [1.165, 1.54) is 11.8 Å². The van der Waals surface area contributed by atoms with Crippen LogP contribution in [0, 0.1) is 0 Å². The van der Waals surface area contributed by atoms with E-state index in [2.05, 4.69) is 45.2 Å². The minimum Gasteiger partial charge on any atom is -0.493 e. The molecule has 6 nitrogen and oxygen atoms in total. The summed E-state index contributed by atoms with van der Waals surface area (Å²) in [5.74, 6) is 1.53. The maximum atomic E-state index is 12.6. The number of thiocarbonyl (C=S) groups is 1. The Hall–Kier alpha value is -2.10. The molecule has 0 aliphatic carbocycles. The summed E-state index contributed by atoms with van der Waals surface area (Å²) in [4.78, 5) is 14.7. The Balaban J connectivity index is 2.12. The Morgan fingerprint density at radius 3 is 2.34 bits per heavy atom. The number of hydrazone groups is 1. The molecule has 9 heteroatoms. The summed E-state index contributed by atoms with van der Waals surface area (Å²) in [6.45, 7) is 5.87. The second-order valence-corrected chi connectivity index (χ2v) is 9.22. The van der Waals surface area contributed by atoms with Gasteiger partial charge in [0.25, 0.3) is 0 Å². The van der Waals surface area contributed by atoms with Crippen molar-refractivity contribution in [3.63, 3.8) is 0 Å². The highest BCUT2D eigenvalue weighted by Gasteiger charge is 2.12. The van der Waals surface area contributed by atoms with E-state index in [0.29, 0.717) is 17.3 Å². The van der Waals surface area contributed by atoms with Gasteiger partial charge in [0.05, 0.1) is 26.4 Å². The minimum atomic E-state index is -0.219. The lowest BCUT2D eigenvalue weighted by Gasteiger charge is -2.21. The first-order valence-electron chi connectivity index (χ1n) is 10.2. The molecule has 0 saturated carbocycles. The highest BCUT2D eigenvalue weighted by Crippen LogP contribution is 2.27. The van der Waals surface area contributed by atoms with Gasteiger partial charge in [-0.1, -0.05) is 58.1 Å². The summed E-state index contributed by atoms with van der Waals surface area (Å²) in [7, 11) is 3.14. The van der Waals surface area contributed by atoms with Crippen molar-refractivity contribution in [1.29, 1.82) is 0 Å². The average molecular weight is 539 g/mol. The third kappa shape index (κ3) is 7.79. The van der Waals surface area contributed by atoms with Crippen LogP contribution in [0.3, 0.4) is 0 Å². The van der Waals surface area contributed by atoms with Crippen LogP contribution in [-0.2, 0) is 11.2 Å². The fraction of sp³-hybridized carbons (Fsp3) is 0.348. The van der Waals surface area contributed by atoms with Crippen LogP contribution in [0.15, 0.2) is 52.0 Å². The molecule has 0 aliphatic rings. The molecule has 0 atom stereocenters. The number of ether oxygens (including phenoxy) is 2. The number of carbonyl (C=O) groups excluding carboxylic acids is 1. The first kappa shape index (κ1) is 26.2. The normalized spacial score (nSPS) is 11.1. The van der Waals surface area contributed by atoms with Crippen molar-refractivity contribution in [1.82, 2.24) is 10.3 Å². The number of nitrogens with zero attached hydrogens (tertiary/aromatic N) is 2. The predicted octanol–water partition coefficient (Wildman–Crippen LogP) is 4.89. The van der Waals surface area contributed by atoms with Crippen LogP contribution < -0.4 is 14.9 Å². The topological polar surface area (TPSA) is 63.2 Å². The van der Waals surface area contributed by atoms with Crippen LogP contribution in [0.5, 0.6) is 11.5 Å². The number of rotatable bonds is 10. The lowest BCUT2D eigenvalue weighted by Crippen LogP contribution is -2.28. The first-order valence-corrected chi connectivity index (χ1v) is 12.3. The number of amides is 1. The number of nitrogens with one attached hydrogen (secondary N) is 1. The van der Waals surface area contributed by atoms with Gasteiger partial charge < -0.3 is 14.4 Å². The first-order chi connectivity index (χ1) is 15.4. The van der Waals surface area contributed by atoms with Crippen molar-refractivity contribution < 1.29 is 14.3 Å². The van der Waals surface area contributed by atoms with Gasteiger partial charge in [0.1, 0.15) is 4.32 Å². The largest absolute Gasteiger partial charge is 0.493 e. The van der Waals surface area contributed by atoms with Crippen molar-refractivity contribution in [3.05, 3.63) is 58.1 Å². The van der Waals surface area contributed by atoms with Crippen LogP contribution in [0.1, 0.15) is 25.0 Å². The van der Waals surface area contributed by atoms with Crippen LogP contribution in [0.25, 0.3) is 0 Å². The molecule has 0 fully saturated rings. The van der Waals surface area contributed by atoms with Gasteiger partial charge in [-0.3, -0.25) is 4.79 Å². The van der Waals surface area contributed by atoms with Crippen LogP contribution in [0.2, 0.25) is 0 Å². The third-order valence-corrected chi connectivity index (χ3v) is 6.72. The monoisotopic (exact) mass is 537 g/mol. The number of thioether (sulfide) groups is 1. The lowest BCUT2D eigenvalue weighted by molar-refractivity contribution is -0.120. The number of halogens is 1. The van der Waals surface area contributed by atoms with E-state index >= 15 is 0 Å². The molecule has 0 spiro atoms. The van der Waals surface area contributed by atoms with Crippen LogP contribution in [-0.4, -0.2) is 53.9 Å². The fourth-order valence-electron chi connectivity index (χ4n) is 2.87. The Bertz CT molecular complexity index is 948. The molecule has 0 saturated heterocycles. The molecule has 2 aromatic carbocycles. The highest BCUT2D eigenvalue weighted by atomic mass is 79.9. The quantitative estimate of drug-likeness (QED) is 0.264. The van der Waals surface area contributed by atoms with Gasteiger partial charge >= 0.3 is 0 Å².